The molecule has 3 aliphatic carbocycles. The Bertz CT molecular complexity index is 460. The maximum absolute atomic E-state index is 10.5. The number of aliphatic hydroxyl groups excluding tert-OH is 1. The molecule has 1 N–H and O–H groups in total. The van der Waals surface area contributed by atoms with Gasteiger partial charge in [0.25, 0.3) is 0 Å². The Balaban J connectivity index is 1.97. The highest BCUT2D eigenvalue weighted by Gasteiger charge is 2.57. The molecule has 3 aliphatic rings. The van der Waals surface area contributed by atoms with E-state index < -0.39 is 0 Å². The maximum Gasteiger partial charge on any atom is 0.0550 e. The Morgan fingerprint density at radius 3 is 2.62 bits per heavy atom. The maximum atomic E-state index is 10.5. The van der Waals surface area contributed by atoms with Crippen LogP contribution in [0.2, 0.25) is 0 Å². The molecule has 118 valence electrons. The minimum atomic E-state index is -0.111. The summed E-state index contributed by atoms with van der Waals surface area (Å²) in [6.45, 7) is 13.6. The molecule has 0 saturated heterocycles. The summed E-state index contributed by atoms with van der Waals surface area (Å²) < 4.78 is 0. The van der Waals surface area contributed by atoms with Crippen LogP contribution in [0.1, 0.15) is 59.8 Å². The van der Waals surface area contributed by atoms with Crippen molar-refractivity contribution in [3.63, 3.8) is 0 Å². The first-order valence-electron chi connectivity index (χ1n) is 8.80. The lowest BCUT2D eigenvalue weighted by molar-refractivity contribution is -0.142. The summed E-state index contributed by atoms with van der Waals surface area (Å²) in [5.41, 5.74) is 2.04. The molecule has 0 aromatic rings. The van der Waals surface area contributed by atoms with Crippen LogP contribution in [0.5, 0.6) is 0 Å². The number of fused-ring (bicyclic) bond motifs is 3. The summed E-state index contributed by atoms with van der Waals surface area (Å²) in [4.78, 5) is 0. The second-order valence-electron chi connectivity index (χ2n) is 8.89. The smallest absolute Gasteiger partial charge is 0.0550 e. The third-order valence-electron chi connectivity index (χ3n) is 7.34. The van der Waals surface area contributed by atoms with Gasteiger partial charge in [-0.05, 0) is 72.2 Å². The van der Waals surface area contributed by atoms with E-state index in [1.807, 2.05) is 0 Å². The number of hydrogen-bond acceptors (Lipinski definition) is 1. The second-order valence-corrected chi connectivity index (χ2v) is 8.89. The van der Waals surface area contributed by atoms with Crippen molar-refractivity contribution in [3.8, 4) is 0 Å². The van der Waals surface area contributed by atoms with Gasteiger partial charge in [0.05, 0.1) is 6.10 Å². The van der Waals surface area contributed by atoms with Gasteiger partial charge in [0.1, 0.15) is 0 Å². The SMILES string of the molecule is C=CC1=CC[C@@H]2[C@H](CC[C@@H]3C(C)(C)C[C@H](O)C[C@@]23C)[C@@H]1C. The van der Waals surface area contributed by atoms with Crippen LogP contribution in [0.25, 0.3) is 0 Å². The van der Waals surface area contributed by atoms with E-state index in [1.54, 1.807) is 0 Å². The van der Waals surface area contributed by atoms with Crippen LogP contribution < -0.4 is 0 Å². The fraction of sp³-hybridized carbons (Fsp3) is 0.800. The molecule has 2 saturated carbocycles. The van der Waals surface area contributed by atoms with Gasteiger partial charge in [-0.3, -0.25) is 0 Å². The third-order valence-corrected chi connectivity index (χ3v) is 7.34. The molecule has 0 aromatic carbocycles. The van der Waals surface area contributed by atoms with Gasteiger partial charge < -0.3 is 5.11 Å². The van der Waals surface area contributed by atoms with Gasteiger partial charge in [-0.25, -0.2) is 0 Å². The lowest BCUT2D eigenvalue weighted by atomic mass is 9.43. The van der Waals surface area contributed by atoms with E-state index in [4.69, 9.17) is 0 Å². The van der Waals surface area contributed by atoms with Crippen LogP contribution in [0.15, 0.2) is 24.3 Å². The zero-order valence-electron chi connectivity index (χ0n) is 14.2. The highest BCUT2D eigenvalue weighted by Crippen LogP contribution is 2.64. The molecule has 2 fully saturated rings. The van der Waals surface area contributed by atoms with Crippen molar-refractivity contribution in [2.75, 3.05) is 0 Å². The molecule has 6 atom stereocenters. The molecule has 21 heavy (non-hydrogen) atoms. The van der Waals surface area contributed by atoms with Crippen molar-refractivity contribution in [1.82, 2.24) is 0 Å². The van der Waals surface area contributed by atoms with Crippen molar-refractivity contribution < 1.29 is 5.11 Å². The Morgan fingerprint density at radius 1 is 1.24 bits per heavy atom. The number of allylic oxidation sites excluding steroid dienone is 3. The predicted molar refractivity (Wildman–Crippen MR) is 88.9 cm³/mol. The van der Waals surface area contributed by atoms with Crippen LogP contribution >= 0.6 is 0 Å². The lowest BCUT2D eigenvalue weighted by Gasteiger charge is -2.62. The van der Waals surface area contributed by atoms with Crippen LogP contribution in [-0.2, 0) is 0 Å². The molecule has 3 rings (SSSR count). The molecule has 0 aromatic heterocycles. The molecular weight excluding hydrogens is 256 g/mol. The van der Waals surface area contributed by atoms with E-state index in [0.29, 0.717) is 11.3 Å². The van der Waals surface area contributed by atoms with E-state index >= 15 is 0 Å². The molecule has 1 nitrogen and oxygen atoms in total. The molecule has 0 spiro atoms. The van der Waals surface area contributed by atoms with Gasteiger partial charge in [0.15, 0.2) is 0 Å². The Hall–Kier alpha value is -0.560. The summed E-state index contributed by atoms with van der Waals surface area (Å²) in [5.74, 6) is 2.93. The minimum Gasteiger partial charge on any atom is -0.393 e. The van der Waals surface area contributed by atoms with E-state index in [-0.39, 0.29) is 11.5 Å². The molecule has 0 aliphatic heterocycles. The summed E-state index contributed by atoms with van der Waals surface area (Å²) in [6.07, 6.45) is 10.3. The standard InChI is InChI=1S/C20H32O/c1-6-14-7-9-17-16(13(14)2)8-10-18-19(3,4)11-15(21)12-20(17,18)5/h6-7,13,15-18,21H,1,8-12H2,2-5H3/t13-,15+,16-,17-,18-,20+/m1/s1. The summed E-state index contributed by atoms with van der Waals surface area (Å²) in [7, 11) is 0. The van der Waals surface area contributed by atoms with Gasteiger partial charge in [-0.2, -0.15) is 0 Å². The van der Waals surface area contributed by atoms with Crippen LogP contribution in [-0.4, -0.2) is 11.2 Å². The summed E-state index contributed by atoms with van der Waals surface area (Å²) in [6, 6.07) is 0. The molecule has 0 radical (unpaired) electrons. The highest BCUT2D eigenvalue weighted by molar-refractivity contribution is 5.25. The molecule has 1 heteroatoms. The van der Waals surface area contributed by atoms with E-state index in [2.05, 4.69) is 46.4 Å². The topological polar surface area (TPSA) is 20.2 Å². The zero-order chi connectivity index (χ0) is 15.4. The van der Waals surface area contributed by atoms with Gasteiger partial charge in [-0.1, -0.05) is 46.4 Å². The normalized spacial score (nSPS) is 48.8. The average molecular weight is 288 g/mol. The lowest BCUT2D eigenvalue weighted by Crippen LogP contribution is -2.56. The number of aliphatic hydroxyl groups is 1. The minimum absolute atomic E-state index is 0.111. The molecule has 0 amide bonds. The molecule has 0 heterocycles. The molecule has 0 unspecified atom stereocenters. The Morgan fingerprint density at radius 2 is 1.95 bits per heavy atom. The van der Waals surface area contributed by atoms with Crippen LogP contribution in [0, 0.1) is 34.5 Å². The number of hydrogen-bond donors (Lipinski definition) is 1. The van der Waals surface area contributed by atoms with Gasteiger partial charge >= 0.3 is 0 Å². The number of rotatable bonds is 1. The monoisotopic (exact) mass is 288 g/mol. The van der Waals surface area contributed by atoms with Crippen molar-refractivity contribution in [3.05, 3.63) is 24.3 Å². The summed E-state index contributed by atoms with van der Waals surface area (Å²) in [5, 5.41) is 10.5. The first-order valence-corrected chi connectivity index (χ1v) is 8.80. The van der Waals surface area contributed by atoms with E-state index in [1.165, 1.54) is 24.8 Å². The van der Waals surface area contributed by atoms with E-state index in [9.17, 15) is 5.11 Å². The largest absolute Gasteiger partial charge is 0.393 e. The molecular formula is C20H32O. The van der Waals surface area contributed by atoms with Gasteiger partial charge in [0.2, 0.25) is 0 Å². The van der Waals surface area contributed by atoms with E-state index in [0.717, 1.165) is 30.6 Å². The predicted octanol–water partition coefficient (Wildman–Crippen LogP) is 4.97. The fourth-order valence-corrected chi connectivity index (χ4v) is 6.55. The molecule has 0 bridgehead atoms. The Kier molecular flexibility index (Phi) is 3.64. The highest BCUT2D eigenvalue weighted by atomic mass is 16.3. The van der Waals surface area contributed by atoms with Gasteiger partial charge in [-0.15, -0.1) is 0 Å². The first-order chi connectivity index (χ1) is 9.79. The van der Waals surface area contributed by atoms with Crippen LogP contribution in [0.4, 0.5) is 0 Å². The zero-order valence-corrected chi connectivity index (χ0v) is 14.2. The summed E-state index contributed by atoms with van der Waals surface area (Å²) >= 11 is 0. The first kappa shape index (κ1) is 15.3. The van der Waals surface area contributed by atoms with Crippen molar-refractivity contribution in [2.24, 2.45) is 34.5 Å². The average Bonchev–Trinajstić information content (AvgIpc) is 2.37. The van der Waals surface area contributed by atoms with Gasteiger partial charge in [0, 0.05) is 0 Å². The third kappa shape index (κ3) is 2.23. The van der Waals surface area contributed by atoms with Crippen molar-refractivity contribution in [2.45, 2.75) is 65.9 Å². The second kappa shape index (κ2) is 4.98. The Labute approximate surface area is 130 Å². The van der Waals surface area contributed by atoms with Crippen molar-refractivity contribution >= 4 is 0 Å². The van der Waals surface area contributed by atoms with Crippen LogP contribution in [0.3, 0.4) is 0 Å². The van der Waals surface area contributed by atoms with Crippen molar-refractivity contribution in [1.29, 1.82) is 0 Å². The quantitative estimate of drug-likeness (QED) is 0.722. The fourth-order valence-electron chi connectivity index (χ4n) is 6.55.